The molecule has 0 spiro atoms. The highest BCUT2D eigenvalue weighted by Gasteiger charge is 2.57. The molecular formula is C25H30F5N9O. The Morgan fingerprint density at radius 1 is 1.05 bits per heavy atom. The van der Waals surface area contributed by atoms with Crippen LogP contribution in [0.5, 0.6) is 0 Å². The van der Waals surface area contributed by atoms with Crippen LogP contribution in [-0.2, 0) is 7.05 Å². The molecule has 1 saturated carbocycles. The molecule has 2 aromatic heterocycles. The summed E-state index contributed by atoms with van der Waals surface area (Å²) in [4.78, 5) is 20.6. The molecule has 2 atom stereocenters. The highest BCUT2D eigenvalue weighted by molar-refractivity contribution is 5.63. The number of aromatic nitrogens is 6. The Labute approximate surface area is 226 Å². The van der Waals surface area contributed by atoms with Crippen LogP contribution in [-0.4, -0.2) is 53.1 Å². The van der Waals surface area contributed by atoms with Gasteiger partial charge in [0.15, 0.2) is 11.6 Å². The van der Waals surface area contributed by atoms with Crippen molar-refractivity contribution in [2.24, 2.45) is 13.0 Å². The molecule has 15 heteroatoms. The average Bonchev–Trinajstić information content (AvgIpc) is 3.56. The molecule has 3 heterocycles. The third kappa shape index (κ3) is 5.64. The Kier molecular flexibility index (Phi) is 6.63. The van der Waals surface area contributed by atoms with E-state index in [0.29, 0.717) is 12.8 Å². The third-order valence-electron chi connectivity index (χ3n) is 7.20. The first kappa shape index (κ1) is 27.9. The van der Waals surface area contributed by atoms with Crippen molar-refractivity contribution in [2.45, 2.75) is 76.2 Å². The van der Waals surface area contributed by atoms with Gasteiger partial charge in [-0.2, -0.15) is 27.5 Å². The zero-order chi connectivity index (χ0) is 29.2. The second-order valence-corrected chi connectivity index (χ2v) is 11.8. The van der Waals surface area contributed by atoms with E-state index in [0.717, 1.165) is 27.7 Å². The number of halogens is 5. The molecule has 1 saturated heterocycles. The number of rotatable bonds is 6. The quantitative estimate of drug-likeness (QED) is 0.381. The predicted octanol–water partition coefficient (Wildman–Crippen LogP) is 4.16. The molecular weight excluding hydrogens is 537 g/mol. The number of benzene rings is 1. The van der Waals surface area contributed by atoms with E-state index in [1.54, 1.807) is 0 Å². The molecule has 3 aromatic rings. The van der Waals surface area contributed by atoms with Crippen molar-refractivity contribution in [3.05, 3.63) is 46.0 Å². The van der Waals surface area contributed by atoms with Gasteiger partial charge in [0, 0.05) is 24.2 Å². The summed E-state index contributed by atoms with van der Waals surface area (Å²) in [5, 5.41) is 16.7. The van der Waals surface area contributed by atoms with Gasteiger partial charge in [-0.25, -0.2) is 18.6 Å². The number of nitrogens with one attached hydrogen (secondary N) is 3. The lowest BCUT2D eigenvalue weighted by atomic mass is 9.79. The second kappa shape index (κ2) is 9.49. The van der Waals surface area contributed by atoms with E-state index >= 15 is 4.39 Å². The van der Waals surface area contributed by atoms with Crippen LogP contribution in [0, 0.1) is 17.6 Å². The van der Waals surface area contributed by atoms with Crippen LogP contribution in [0.2, 0.25) is 0 Å². The van der Waals surface area contributed by atoms with Crippen LogP contribution >= 0.6 is 0 Å². The number of aryl methyl sites for hydroxylation is 1. The first-order valence-corrected chi connectivity index (χ1v) is 12.8. The van der Waals surface area contributed by atoms with E-state index in [2.05, 4.69) is 64.0 Å². The van der Waals surface area contributed by atoms with E-state index in [1.807, 2.05) is 0 Å². The summed E-state index contributed by atoms with van der Waals surface area (Å²) in [6, 6.07) is 1.98. The Morgan fingerprint density at radius 3 is 2.30 bits per heavy atom. The van der Waals surface area contributed by atoms with Gasteiger partial charge in [0.25, 0.3) is 0 Å². The van der Waals surface area contributed by atoms with Crippen molar-refractivity contribution >= 4 is 17.5 Å². The number of hydrogen-bond donors (Lipinski definition) is 3. The average molecular weight is 568 g/mol. The lowest BCUT2D eigenvalue weighted by Gasteiger charge is -2.46. The molecule has 0 radical (unpaired) electrons. The van der Waals surface area contributed by atoms with Gasteiger partial charge < -0.3 is 16.0 Å². The molecule has 2 aliphatic rings. The van der Waals surface area contributed by atoms with Gasteiger partial charge in [0.1, 0.15) is 5.82 Å². The molecule has 10 nitrogen and oxygen atoms in total. The summed E-state index contributed by atoms with van der Waals surface area (Å²) < 4.78 is 71.6. The fraction of sp³-hybridized carbons (Fsp3) is 0.560. The van der Waals surface area contributed by atoms with Crippen LogP contribution in [0.25, 0.3) is 5.69 Å². The Bertz CT molecular complexity index is 1480. The molecule has 0 bridgehead atoms. The largest absolute Gasteiger partial charge is 0.392 e. The van der Waals surface area contributed by atoms with Gasteiger partial charge >= 0.3 is 11.9 Å². The van der Waals surface area contributed by atoms with Crippen LogP contribution in [0.1, 0.15) is 58.4 Å². The number of nitrogens with zero attached hydrogens (tertiary/aromatic N) is 6. The molecule has 2 fully saturated rings. The van der Waals surface area contributed by atoms with Gasteiger partial charge in [-0.05, 0) is 81.0 Å². The van der Waals surface area contributed by atoms with Gasteiger partial charge in [0.05, 0.1) is 23.5 Å². The van der Waals surface area contributed by atoms with Crippen molar-refractivity contribution in [1.29, 1.82) is 0 Å². The Hall–Kier alpha value is -3.62. The lowest BCUT2D eigenvalue weighted by Crippen LogP contribution is -2.60. The van der Waals surface area contributed by atoms with Gasteiger partial charge in [-0.1, -0.05) is 0 Å². The zero-order valence-electron chi connectivity index (χ0n) is 22.6. The minimum absolute atomic E-state index is 0.0218. The number of anilines is 3. The zero-order valence-corrected chi connectivity index (χ0v) is 22.6. The second-order valence-electron chi connectivity index (χ2n) is 11.8. The predicted molar refractivity (Wildman–Crippen MR) is 137 cm³/mol. The Balaban J connectivity index is 1.46. The normalized spacial score (nSPS) is 22.2. The molecule has 1 aromatic carbocycles. The van der Waals surface area contributed by atoms with Crippen molar-refractivity contribution < 1.29 is 22.0 Å². The summed E-state index contributed by atoms with van der Waals surface area (Å²) in [5.74, 6) is -4.52. The molecule has 1 aliphatic carbocycles. The van der Waals surface area contributed by atoms with E-state index in [1.165, 1.54) is 7.05 Å². The fourth-order valence-electron chi connectivity index (χ4n) is 5.79. The Morgan fingerprint density at radius 2 is 1.73 bits per heavy atom. The lowest BCUT2D eigenvalue weighted by molar-refractivity contribution is -0.148. The van der Waals surface area contributed by atoms with E-state index in [4.69, 9.17) is 0 Å². The summed E-state index contributed by atoms with van der Waals surface area (Å²) in [5.41, 5.74) is -1.46. The topological polar surface area (TPSA) is 115 Å². The molecule has 216 valence electrons. The highest BCUT2D eigenvalue weighted by Crippen LogP contribution is 2.57. The molecule has 1 aliphatic heterocycles. The number of hydrogen-bond acceptors (Lipinski definition) is 8. The summed E-state index contributed by atoms with van der Waals surface area (Å²) in [7, 11) is 1.33. The summed E-state index contributed by atoms with van der Waals surface area (Å²) in [6.07, 6.45) is -2.39. The third-order valence-corrected chi connectivity index (χ3v) is 7.20. The van der Waals surface area contributed by atoms with Gasteiger partial charge in [0.2, 0.25) is 5.95 Å². The van der Waals surface area contributed by atoms with Crippen molar-refractivity contribution in [1.82, 2.24) is 35.1 Å². The van der Waals surface area contributed by atoms with Crippen molar-refractivity contribution in [3.8, 4) is 5.69 Å². The molecule has 3 N–H and O–H groups in total. The van der Waals surface area contributed by atoms with Crippen LogP contribution in [0.15, 0.2) is 23.1 Å². The van der Waals surface area contributed by atoms with Gasteiger partial charge in [-0.3, -0.25) is 0 Å². The maximum Gasteiger partial charge on any atom is 0.392 e. The minimum atomic E-state index is -4.47. The molecule has 0 unspecified atom stereocenters. The minimum Gasteiger partial charge on any atom is -0.365 e. The van der Waals surface area contributed by atoms with E-state index < -0.39 is 35.3 Å². The van der Waals surface area contributed by atoms with Gasteiger partial charge in [-0.15, -0.1) is 0 Å². The smallest absolute Gasteiger partial charge is 0.365 e. The SMILES string of the molecule is Cn1nnn(-c2cc(Nc3ncc(F)c(NC4CC(C)(C)NC(C)(C)C4)n3)c(F)cc2[C@H]2C[C@@H]2C(F)(F)F)c1=O. The van der Waals surface area contributed by atoms with Crippen LogP contribution in [0.3, 0.4) is 0 Å². The first-order chi connectivity index (χ1) is 18.5. The number of alkyl halides is 3. The fourth-order valence-corrected chi connectivity index (χ4v) is 5.79. The monoisotopic (exact) mass is 567 g/mol. The van der Waals surface area contributed by atoms with Crippen molar-refractivity contribution in [3.63, 3.8) is 0 Å². The van der Waals surface area contributed by atoms with E-state index in [9.17, 15) is 22.4 Å². The molecule has 5 rings (SSSR count). The number of piperidine rings is 1. The maximum atomic E-state index is 15.2. The summed E-state index contributed by atoms with van der Waals surface area (Å²) >= 11 is 0. The molecule has 40 heavy (non-hydrogen) atoms. The first-order valence-electron chi connectivity index (χ1n) is 12.8. The number of tetrazole rings is 1. The standard InChI is InChI=1S/C25H30F5N9O/c1-23(2)9-12(10-24(3,4)35-23)32-20-17(27)11-31-21(34-20)33-18-8-19(39-22(40)38(5)36-37-39)14(7-16(18)26)13-6-15(13)25(28,29)30/h7-8,11-13,15,35H,6,9-10H2,1-5H3,(H2,31,32,33,34)/t13-,15+/m1/s1. The van der Waals surface area contributed by atoms with E-state index in [-0.39, 0.29) is 52.2 Å². The molecule has 0 amide bonds. The highest BCUT2D eigenvalue weighted by atomic mass is 19.4. The van der Waals surface area contributed by atoms with Crippen LogP contribution in [0.4, 0.5) is 39.4 Å². The maximum absolute atomic E-state index is 15.2. The summed E-state index contributed by atoms with van der Waals surface area (Å²) in [6.45, 7) is 8.21. The van der Waals surface area contributed by atoms with Crippen molar-refractivity contribution in [2.75, 3.05) is 10.6 Å². The van der Waals surface area contributed by atoms with Crippen LogP contribution < -0.4 is 21.6 Å².